The molecule has 2 aromatic heterocycles. The van der Waals surface area contributed by atoms with Crippen LogP contribution in [0.4, 0.5) is 5.69 Å². The molecule has 2 aliphatic rings. The Kier molecular flexibility index (Phi) is 2.97. The summed E-state index contributed by atoms with van der Waals surface area (Å²) in [6.07, 6.45) is 5.26. The van der Waals surface area contributed by atoms with Gasteiger partial charge in [0.15, 0.2) is 0 Å². The maximum Gasteiger partial charge on any atom is 0.103 e. The highest BCUT2D eigenvalue weighted by Gasteiger charge is 2.53. The van der Waals surface area contributed by atoms with Crippen LogP contribution in [0.15, 0.2) is 35.7 Å². The van der Waals surface area contributed by atoms with Crippen molar-refractivity contribution in [1.82, 2.24) is 4.57 Å². The molecule has 1 aromatic carbocycles. The van der Waals surface area contributed by atoms with Gasteiger partial charge in [0.25, 0.3) is 0 Å². The standard InChI is InChI=1S/C21H24N2S/c1-14-8-4-5-9-17(14)23-15(2)19-18(21(23)11-6-7-12-21)16-10-13-24-20(16)22(19)3/h4-5,8-10,13,15H,6-7,11-12H2,1-3H3/t15-/m0/s1. The van der Waals surface area contributed by atoms with E-state index < -0.39 is 0 Å². The average Bonchev–Trinajstić information content (AvgIpc) is 3.30. The highest BCUT2D eigenvalue weighted by Crippen LogP contribution is 2.59. The topological polar surface area (TPSA) is 8.17 Å². The smallest absolute Gasteiger partial charge is 0.103 e. The van der Waals surface area contributed by atoms with Crippen molar-refractivity contribution in [2.45, 2.75) is 51.1 Å². The Bertz CT molecular complexity index is 927. The lowest BCUT2D eigenvalue weighted by atomic mass is 9.88. The molecule has 124 valence electrons. The molecule has 0 radical (unpaired) electrons. The third kappa shape index (κ3) is 1.61. The summed E-state index contributed by atoms with van der Waals surface area (Å²) < 4.78 is 2.47. The van der Waals surface area contributed by atoms with E-state index in [9.17, 15) is 0 Å². The lowest BCUT2D eigenvalue weighted by Crippen LogP contribution is -2.40. The van der Waals surface area contributed by atoms with Crippen molar-refractivity contribution in [2.75, 3.05) is 4.90 Å². The van der Waals surface area contributed by atoms with E-state index in [0.717, 1.165) is 0 Å². The van der Waals surface area contributed by atoms with Crippen LogP contribution >= 0.6 is 11.3 Å². The van der Waals surface area contributed by atoms with Gasteiger partial charge >= 0.3 is 0 Å². The Balaban J connectivity index is 1.82. The molecule has 3 heteroatoms. The van der Waals surface area contributed by atoms with Crippen LogP contribution in [0.25, 0.3) is 10.2 Å². The lowest BCUT2D eigenvalue weighted by Gasteiger charge is -2.41. The average molecular weight is 337 g/mol. The van der Waals surface area contributed by atoms with Crippen molar-refractivity contribution < 1.29 is 0 Å². The van der Waals surface area contributed by atoms with Gasteiger partial charge in [0.2, 0.25) is 0 Å². The summed E-state index contributed by atoms with van der Waals surface area (Å²) in [5.41, 5.74) is 6.19. The molecule has 1 spiro atoms. The van der Waals surface area contributed by atoms with E-state index >= 15 is 0 Å². The van der Waals surface area contributed by atoms with Crippen LogP contribution in [0.1, 0.15) is 55.5 Å². The van der Waals surface area contributed by atoms with Gasteiger partial charge in [0, 0.05) is 29.4 Å². The molecule has 3 aromatic rings. The van der Waals surface area contributed by atoms with Crippen molar-refractivity contribution in [3.05, 3.63) is 52.5 Å². The normalized spacial score (nSPS) is 22.0. The zero-order chi connectivity index (χ0) is 16.5. The van der Waals surface area contributed by atoms with E-state index in [1.54, 1.807) is 11.3 Å². The van der Waals surface area contributed by atoms with Gasteiger partial charge in [-0.3, -0.25) is 0 Å². The van der Waals surface area contributed by atoms with E-state index in [4.69, 9.17) is 0 Å². The number of benzene rings is 1. The van der Waals surface area contributed by atoms with Gasteiger partial charge in [-0.05, 0) is 49.8 Å². The van der Waals surface area contributed by atoms with E-state index in [1.165, 1.54) is 47.2 Å². The number of anilines is 1. The number of thiophene rings is 1. The minimum atomic E-state index is 0.196. The fraction of sp³-hybridized carbons (Fsp3) is 0.429. The molecule has 1 aliphatic carbocycles. The minimum Gasteiger partial charge on any atom is -0.353 e. The number of nitrogens with zero attached hydrogens (tertiary/aromatic N) is 2. The second-order valence-corrected chi connectivity index (χ2v) is 8.42. The first-order valence-corrected chi connectivity index (χ1v) is 9.94. The molecule has 5 rings (SSSR count). The molecular weight excluding hydrogens is 312 g/mol. The Morgan fingerprint density at radius 3 is 2.62 bits per heavy atom. The van der Waals surface area contributed by atoms with Crippen LogP contribution in [0, 0.1) is 6.92 Å². The number of hydrogen-bond acceptors (Lipinski definition) is 2. The number of hydrogen-bond donors (Lipinski definition) is 0. The molecule has 1 fully saturated rings. The third-order valence-electron chi connectivity index (χ3n) is 6.35. The first kappa shape index (κ1) is 14.6. The molecule has 3 heterocycles. The van der Waals surface area contributed by atoms with E-state index in [2.05, 4.69) is 66.1 Å². The van der Waals surface area contributed by atoms with Gasteiger partial charge in [-0.1, -0.05) is 31.0 Å². The molecule has 0 N–H and O–H groups in total. The largest absolute Gasteiger partial charge is 0.353 e. The van der Waals surface area contributed by atoms with Crippen molar-refractivity contribution in [3.63, 3.8) is 0 Å². The molecule has 1 saturated carbocycles. The van der Waals surface area contributed by atoms with Crippen LogP contribution in [0.5, 0.6) is 0 Å². The summed E-state index contributed by atoms with van der Waals surface area (Å²) in [4.78, 5) is 4.21. The van der Waals surface area contributed by atoms with E-state index in [0.29, 0.717) is 6.04 Å². The van der Waals surface area contributed by atoms with Crippen LogP contribution in [0.3, 0.4) is 0 Å². The zero-order valence-electron chi connectivity index (χ0n) is 14.7. The van der Waals surface area contributed by atoms with E-state index in [1.807, 2.05) is 11.3 Å². The summed E-state index contributed by atoms with van der Waals surface area (Å²) in [5.74, 6) is 0. The van der Waals surface area contributed by atoms with Crippen LogP contribution < -0.4 is 4.90 Å². The fourth-order valence-electron chi connectivity index (χ4n) is 5.48. The number of fused-ring (bicyclic) bond motifs is 4. The lowest BCUT2D eigenvalue weighted by molar-refractivity contribution is 0.417. The first-order chi connectivity index (χ1) is 11.6. The molecule has 1 atom stereocenters. The Hall–Kier alpha value is -1.74. The number of para-hydroxylation sites is 1. The summed E-state index contributed by atoms with van der Waals surface area (Å²) in [6, 6.07) is 11.7. The van der Waals surface area contributed by atoms with Crippen molar-refractivity contribution in [2.24, 2.45) is 7.05 Å². The minimum absolute atomic E-state index is 0.196. The second kappa shape index (κ2) is 4.89. The summed E-state index contributed by atoms with van der Waals surface area (Å²) in [6.45, 7) is 4.66. The molecule has 2 nitrogen and oxygen atoms in total. The summed E-state index contributed by atoms with van der Waals surface area (Å²) in [7, 11) is 2.26. The predicted octanol–water partition coefficient (Wildman–Crippen LogP) is 5.90. The summed E-state index contributed by atoms with van der Waals surface area (Å²) in [5, 5.41) is 3.76. The van der Waals surface area contributed by atoms with E-state index in [-0.39, 0.29) is 5.54 Å². The van der Waals surface area contributed by atoms with Crippen molar-refractivity contribution in [1.29, 1.82) is 0 Å². The van der Waals surface area contributed by atoms with Crippen LogP contribution in [-0.4, -0.2) is 4.57 Å². The zero-order valence-corrected chi connectivity index (χ0v) is 15.5. The van der Waals surface area contributed by atoms with Gasteiger partial charge in [-0.2, -0.15) is 0 Å². The Labute approximate surface area is 147 Å². The van der Waals surface area contributed by atoms with Gasteiger partial charge in [-0.25, -0.2) is 0 Å². The van der Waals surface area contributed by atoms with Crippen molar-refractivity contribution >= 4 is 27.2 Å². The number of aryl methyl sites for hydroxylation is 2. The molecule has 24 heavy (non-hydrogen) atoms. The van der Waals surface area contributed by atoms with Gasteiger partial charge in [-0.15, -0.1) is 11.3 Å². The second-order valence-electron chi connectivity index (χ2n) is 7.53. The first-order valence-electron chi connectivity index (χ1n) is 9.06. The highest BCUT2D eigenvalue weighted by atomic mass is 32.1. The van der Waals surface area contributed by atoms with Gasteiger partial charge < -0.3 is 9.47 Å². The Morgan fingerprint density at radius 1 is 1.12 bits per heavy atom. The quantitative estimate of drug-likeness (QED) is 0.537. The highest BCUT2D eigenvalue weighted by molar-refractivity contribution is 7.16. The molecule has 0 saturated heterocycles. The maximum absolute atomic E-state index is 2.76. The molecular formula is C21H24N2S. The SMILES string of the molecule is Cc1ccccc1N1[C@@H](C)c2c(c3ccsc3n2C)C12CCCC2. The fourth-order valence-corrected chi connectivity index (χ4v) is 6.37. The molecule has 1 aliphatic heterocycles. The Morgan fingerprint density at radius 2 is 1.88 bits per heavy atom. The third-order valence-corrected chi connectivity index (χ3v) is 7.34. The van der Waals surface area contributed by atoms with Crippen LogP contribution in [0.2, 0.25) is 0 Å². The predicted molar refractivity (Wildman–Crippen MR) is 103 cm³/mol. The van der Waals surface area contributed by atoms with Crippen molar-refractivity contribution in [3.8, 4) is 0 Å². The van der Waals surface area contributed by atoms with Gasteiger partial charge in [0.1, 0.15) is 4.83 Å². The molecule has 0 unspecified atom stereocenters. The van der Waals surface area contributed by atoms with Gasteiger partial charge in [0.05, 0.1) is 11.6 Å². The number of aromatic nitrogens is 1. The summed E-state index contributed by atoms with van der Waals surface area (Å²) >= 11 is 1.89. The maximum atomic E-state index is 2.76. The number of rotatable bonds is 1. The van der Waals surface area contributed by atoms with Crippen LogP contribution in [-0.2, 0) is 12.6 Å². The monoisotopic (exact) mass is 336 g/mol. The molecule has 0 amide bonds. The molecule has 0 bridgehead atoms.